The predicted molar refractivity (Wildman–Crippen MR) is 82.0 cm³/mol. The number of carboxylic acids is 1. The Morgan fingerprint density at radius 2 is 1.81 bits per heavy atom. The molecule has 0 atom stereocenters. The van der Waals surface area contributed by atoms with Crippen LogP contribution in [0.4, 0.5) is 5.82 Å². The Kier molecular flexibility index (Phi) is 3.60. The third-order valence-corrected chi connectivity index (χ3v) is 4.02. The second-order valence-corrected chi connectivity index (χ2v) is 5.43. The molecular weight excluding hydrogens is 264 g/mol. The number of nitrogens with zero attached hydrogens (tertiary/aromatic N) is 2. The summed E-state index contributed by atoms with van der Waals surface area (Å²) in [6.07, 6.45) is 3.44. The highest BCUT2D eigenvalue weighted by atomic mass is 16.4. The van der Waals surface area contributed by atoms with Gasteiger partial charge in [-0.25, -0.2) is 9.78 Å². The molecule has 1 N–H and O–H groups in total. The number of aromatic carboxylic acids is 1. The number of aryl methyl sites for hydroxylation is 1. The summed E-state index contributed by atoms with van der Waals surface area (Å²) in [5.74, 6) is -0.0340. The predicted octanol–water partition coefficient (Wildman–Crippen LogP) is 2.69. The highest BCUT2D eigenvalue weighted by Crippen LogP contribution is 2.22. The van der Waals surface area contributed by atoms with Gasteiger partial charge in [-0.05, 0) is 42.5 Å². The minimum absolute atomic E-state index is 0.245. The minimum atomic E-state index is -0.930. The molecule has 4 nitrogen and oxygen atoms in total. The van der Waals surface area contributed by atoms with Crippen LogP contribution < -0.4 is 4.90 Å². The lowest BCUT2D eigenvalue weighted by molar-refractivity contribution is 0.0696. The second kappa shape index (κ2) is 5.56. The Hall–Kier alpha value is -2.36. The van der Waals surface area contributed by atoms with Crippen molar-refractivity contribution in [1.29, 1.82) is 0 Å². The van der Waals surface area contributed by atoms with Gasteiger partial charge in [0.25, 0.3) is 0 Å². The van der Waals surface area contributed by atoms with Crippen LogP contribution >= 0.6 is 0 Å². The fourth-order valence-corrected chi connectivity index (χ4v) is 2.90. The van der Waals surface area contributed by atoms with E-state index < -0.39 is 5.97 Å². The maximum absolute atomic E-state index is 11.0. The van der Waals surface area contributed by atoms with Crippen molar-refractivity contribution in [2.45, 2.75) is 19.8 Å². The third kappa shape index (κ3) is 2.75. The van der Waals surface area contributed by atoms with Crippen LogP contribution in [-0.2, 0) is 12.8 Å². The molecule has 2 heterocycles. The first-order valence-corrected chi connectivity index (χ1v) is 7.17. The summed E-state index contributed by atoms with van der Waals surface area (Å²) in [5, 5.41) is 9.02. The van der Waals surface area contributed by atoms with Crippen molar-refractivity contribution < 1.29 is 9.90 Å². The Morgan fingerprint density at radius 1 is 1.19 bits per heavy atom. The molecule has 1 aliphatic rings. The molecule has 1 aromatic carbocycles. The molecule has 0 amide bonds. The number of hydrogen-bond acceptors (Lipinski definition) is 3. The van der Waals surface area contributed by atoms with E-state index in [-0.39, 0.29) is 5.56 Å². The van der Waals surface area contributed by atoms with Crippen molar-refractivity contribution in [3.8, 4) is 0 Å². The smallest absolute Gasteiger partial charge is 0.337 e. The van der Waals surface area contributed by atoms with E-state index in [1.165, 1.54) is 17.3 Å². The zero-order chi connectivity index (χ0) is 14.8. The molecule has 2 aromatic rings. The van der Waals surface area contributed by atoms with Gasteiger partial charge < -0.3 is 10.0 Å². The number of hydrogen-bond donors (Lipinski definition) is 1. The molecule has 4 heteroatoms. The molecule has 1 aliphatic heterocycles. The third-order valence-electron chi connectivity index (χ3n) is 4.02. The summed E-state index contributed by atoms with van der Waals surface area (Å²) in [7, 11) is 0. The van der Waals surface area contributed by atoms with Gasteiger partial charge >= 0.3 is 5.97 Å². The number of pyridine rings is 1. The Bertz CT molecular complexity index is 655. The van der Waals surface area contributed by atoms with Crippen molar-refractivity contribution >= 4 is 11.8 Å². The van der Waals surface area contributed by atoms with E-state index in [1.807, 2.05) is 6.92 Å². The minimum Gasteiger partial charge on any atom is -0.478 e. The largest absolute Gasteiger partial charge is 0.478 e. The van der Waals surface area contributed by atoms with E-state index in [2.05, 4.69) is 34.1 Å². The molecule has 0 unspecified atom stereocenters. The normalized spacial score (nSPS) is 14.4. The zero-order valence-electron chi connectivity index (χ0n) is 12.0. The first kappa shape index (κ1) is 13.6. The molecule has 0 saturated carbocycles. The van der Waals surface area contributed by atoms with Crippen molar-refractivity contribution in [3.63, 3.8) is 0 Å². The van der Waals surface area contributed by atoms with Crippen LogP contribution in [0.15, 0.2) is 36.5 Å². The van der Waals surface area contributed by atoms with Crippen LogP contribution in [0.3, 0.4) is 0 Å². The lowest BCUT2D eigenvalue weighted by atomic mass is 10.0. The van der Waals surface area contributed by atoms with Gasteiger partial charge in [0.15, 0.2) is 0 Å². The molecule has 0 spiro atoms. The summed E-state index contributed by atoms with van der Waals surface area (Å²) < 4.78 is 0. The monoisotopic (exact) mass is 282 g/mol. The lowest BCUT2D eigenvalue weighted by Crippen LogP contribution is -2.27. The maximum Gasteiger partial charge on any atom is 0.337 e. The SMILES string of the molecule is Cc1cc(C(=O)O)cnc1N1CCc2ccccc2CC1. The summed E-state index contributed by atoms with van der Waals surface area (Å²) in [6, 6.07) is 10.2. The van der Waals surface area contributed by atoms with E-state index in [4.69, 9.17) is 5.11 Å². The molecule has 0 aliphatic carbocycles. The Morgan fingerprint density at radius 3 is 2.33 bits per heavy atom. The molecule has 108 valence electrons. The summed E-state index contributed by atoms with van der Waals surface area (Å²) in [5.41, 5.74) is 3.97. The lowest BCUT2D eigenvalue weighted by Gasteiger charge is -2.23. The van der Waals surface area contributed by atoms with Crippen molar-refractivity contribution in [2.75, 3.05) is 18.0 Å². The molecule has 3 rings (SSSR count). The van der Waals surface area contributed by atoms with Gasteiger partial charge in [-0.15, -0.1) is 0 Å². The number of aromatic nitrogens is 1. The van der Waals surface area contributed by atoms with Gasteiger partial charge in [0.1, 0.15) is 5.82 Å². The van der Waals surface area contributed by atoms with Crippen LogP contribution in [0.25, 0.3) is 0 Å². The topological polar surface area (TPSA) is 53.4 Å². The fraction of sp³-hybridized carbons (Fsp3) is 0.294. The Balaban J connectivity index is 1.84. The number of rotatable bonds is 2. The number of carbonyl (C=O) groups is 1. The van der Waals surface area contributed by atoms with E-state index in [0.717, 1.165) is 37.3 Å². The molecule has 0 fully saturated rings. The highest BCUT2D eigenvalue weighted by Gasteiger charge is 2.17. The maximum atomic E-state index is 11.0. The van der Waals surface area contributed by atoms with Crippen molar-refractivity contribution in [2.24, 2.45) is 0 Å². The first-order chi connectivity index (χ1) is 10.1. The molecule has 0 radical (unpaired) electrons. The van der Waals surface area contributed by atoms with Gasteiger partial charge in [0.2, 0.25) is 0 Å². The quantitative estimate of drug-likeness (QED) is 0.920. The van der Waals surface area contributed by atoms with Crippen LogP contribution in [0.5, 0.6) is 0 Å². The van der Waals surface area contributed by atoms with E-state index in [0.29, 0.717) is 0 Å². The molecule has 1 aromatic heterocycles. The second-order valence-electron chi connectivity index (χ2n) is 5.43. The number of carboxylic acid groups (broad SMARTS) is 1. The first-order valence-electron chi connectivity index (χ1n) is 7.17. The average Bonchev–Trinajstić information content (AvgIpc) is 2.70. The van der Waals surface area contributed by atoms with E-state index >= 15 is 0 Å². The molecule has 21 heavy (non-hydrogen) atoms. The summed E-state index contributed by atoms with van der Waals surface area (Å²) in [4.78, 5) is 17.6. The van der Waals surface area contributed by atoms with Gasteiger partial charge in [-0.3, -0.25) is 0 Å². The van der Waals surface area contributed by atoms with Crippen molar-refractivity contribution in [1.82, 2.24) is 4.98 Å². The number of fused-ring (bicyclic) bond motifs is 1. The fourth-order valence-electron chi connectivity index (χ4n) is 2.90. The van der Waals surface area contributed by atoms with Gasteiger partial charge in [0.05, 0.1) is 5.56 Å². The van der Waals surface area contributed by atoms with Gasteiger partial charge in [-0.1, -0.05) is 24.3 Å². The van der Waals surface area contributed by atoms with E-state index in [1.54, 1.807) is 6.07 Å². The number of anilines is 1. The van der Waals surface area contributed by atoms with Crippen LogP contribution in [0.2, 0.25) is 0 Å². The number of benzene rings is 1. The van der Waals surface area contributed by atoms with Gasteiger partial charge in [-0.2, -0.15) is 0 Å². The van der Waals surface area contributed by atoms with Crippen molar-refractivity contribution in [3.05, 3.63) is 58.8 Å². The Labute approximate surface area is 124 Å². The molecule has 0 bridgehead atoms. The highest BCUT2D eigenvalue weighted by molar-refractivity contribution is 5.87. The standard InChI is InChI=1S/C17H18N2O2/c1-12-10-15(17(20)21)11-18-16(12)19-8-6-13-4-2-3-5-14(13)7-9-19/h2-5,10-11H,6-9H2,1H3,(H,20,21). The van der Waals surface area contributed by atoms with Crippen LogP contribution in [0.1, 0.15) is 27.0 Å². The zero-order valence-corrected chi connectivity index (χ0v) is 12.0. The summed E-state index contributed by atoms with van der Waals surface area (Å²) >= 11 is 0. The van der Waals surface area contributed by atoms with Crippen LogP contribution in [0, 0.1) is 6.92 Å². The van der Waals surface area contributed by atoms with Gasteiger partial charge in [0, 0.05) is 19.3 Å². The average molecular weight is 282 g/mol. The summed E-state index contributed by atoms with van der Waals surface area (Å²) in [6.45, 7) is 3.75. The molecular formula is C17H18N2O2. The van der Waals surface area contributed by atoms with E-state index in [9.17, 15) is 4.79 Å². The molecule has 0 saturated heterocycles. The van der Waals surface area contributed by atoms with Crippen LogP contribution in [-0.4, -0.2) is 29.1 Å².